The lowest BCUT2D eigenvalue weighted by atomic mass is 9.89. The summed E-state index contributed by atoms with van der Waals surface area (Å²) in [4.78, 5) is 29.8. The van der Waals surface area contributed by atoms with Crippen LogP contribution in [0.3, 0.4) is 0 Å². The molecule has 6 heteroatoms. The number of hydrogen-bond acceptors (Lipinski definition) is 3. The summed E-state index contributed by atoms with van der Waals surface area (Å²) in [5, 5.41) is 12.8. The van der Waals surface area contributed by atoms with Crippen molar-refractivity contribution in [3.63, 3.8) is 0 Å². The lowest BCUT2D eigenvalue weighted by molar-refractivity contribution is -0.131. The predicted octanol–water partition coefficient (Wildman–Crippen LogP) is 3.18. The summed E-state index contributed by atoms with van der Waals surface area (Å²) in [6.45, 7) is 1.36. The van der Waals surface area contributed by atoms with Crippen LogP contribution in [0.2, 0.25) is 0 Å². The second-order valence-electron chi connectivity index (χ2n) is 7.32. The second-order valence-corrected chi connectivity index (χ2v) is 7.32. The number of para-hydroxylation sites is 1. The highest BCUT2D eigenvalue weighted by Crippen LogP contribution is 2.33. The monoisotopic (exact) mass is 386 g/mol. The van der Waals surface area contributed by atoms with Crippen molar-refractivity contribution in [2.24, 2.45) is 0 Å². The van der Waals surface area contributed by atoms with Crippen molar-refractivity contribution >= 4 is 22.7 Å². The van der Waals surface area contributed by atoms with Crippen molar-refractivity contribution in [2.45, 2.75) is 18.8 Å². The van der Waals surface area contributed by atoms with Crippen molar-refractivity contribution < 1.29 is 9.59 Å². The molecule has 1 saturated heterocycles. The normalized spacial score (nSPS) is 14.5. The average Bonchev–Trinajstić information content (AvgIpc) is 3.21. The van der Waals surface area contributed by atoms with Gasteiger partial charge in [-0.1, -0.05) is 18.2 Å². The molecule has 1 aliphatic heterocycles. The molecule has 0 radical (unpaired) electrons. The van der Waals surface area contributed by atoms with Gasteiger partial charge in [0.1, 0.15) is 0 Å². The first kappa shape index (κ1) is 18.8. The number of aromatic nitrogens is 1. The van der Waals surface area contributed by atoms with Crippen molar-refractivity contribution in [1.82, 2.24) is 15.2 Å². The zero-order valence-corrected chi connectivity index (χ0v) is 16.0. The zero-order valence-electron chi connectivity index (χ0n) is 16.0. The average molecular weight is 386 g/mol. The first-order valence-corrected chi connectivity index (χ1v) is 9.78. The van der Waals surface area contributed by atoms with Crippen LogP contribution in [-0.2, 0) is 4.79 Å². The van der Waals surface area contributed by atoms with E-state index < -0.39 is 0 Å². The Morgan fingerprint density at radius 1 is 1.10 bits per heavy atom. The van der Waals surface area contributed by atoms with Gasteiger partial charge in [-0.2, -0.15) is 5.26 Å². The molecule has 0 saturated carbocycles. The SMILES string of the molecule is N#Cc1ccc(C(=O)NCC(=O)N2CCC(c3c[nH]c4ccccc34)CC2)cc1. The Bertz CT molecular complexity index is 1070. The largest absolute Gasteiger partial charge is 0.361 e. The van der Waals surface area contributed by atoms with Gasteiger partial charge in [0, 0.05) is 35.8 Å². The minimum atomic E-state index is -0.309. The van der Waals surface area contributed by atoms with Crippen LogP contribution < -0.4 is 5.32 Å². The Morgan fingerprint density at radius 3 is 2.55 bits per heavy atom. The van der Waals surface area contributed by atoms with Gasteiger partial charge in [-0.15, -0.1) is 0 Å². The molecule has 4 rings (SSSR count). The molecule has 2 heterocycles. The number of H-pyrrole nitrogens is 1. The van der Waals surface area contributed by atoms with E-state index in [-0.39, 0.29) is 18.4 Å². The van der Waals surface area contributed by atoms with Crippen LogP contribution in [0.5, 0.6) is 0 Å². The molecular formula is C23H22N4O2. The molecule has 29 heavy (non-hydrogen) atoms. The number of benzene rings is 2. The quantitative estimate of drug-likeness (QED) is 0.722. The molecule has 0 spiro atoms. The molecule has 0 unspecified atom stereocenters. The minimum absolute atomic E-state index is 0.0173. The Labute approximate surface area is 169 Å². The lowest BCUT2D eigenvalue weighted by Gasteiger charge is -2.32. The third-order valence-corrected chi connectivity index (χ3v) is 5.59. The fourth-order valence-corrected chi connectivity index (χ4v) is 3.94. The van der Waals surface area contributed by atoms with Crippen LogP contribution in [0.25, 0.3) is 10.9 Å². The van der Waals surface area contributed by atoms with Crippen LogP contribution in [0.15, 0.2) is 54.7 Å². The van der Waals surface area contributed by atoms with E-state index in [0.717, 1.165) is 18.4 Å². The topological polar surface area (TPSA) is 89.0 Å². The van der Waals surface area contributed by atoms with Crippen molar-refractivity contribution in [1.29, 1.82) is 5.26 Å². The fourth-order valence-electron chi connectivity index (χ4n) is 3.94. The Hall–Kier alpha value is -3.59. The summed E-state index contributed by atoms with van der Waals surface area (Å²) in [7, 11) is 0. The number of nitriles is 1. The fraction of sp³-hybridized carbons (Fsp3) is 0.261. The maximum absolute atomic E-state index is 12.5. The number of fused-ring (bicyclic) bond motifs is 1. The molecule has 3 aromatic rings. The van der Waals surface area contributed by atoms with E-state index in [2.05, 4.69) is 34.7 Å². The van der Waals surface area contributed by atoms with Gasteiger partial charge in [-0.3, -0.25) is 9.59 Å². The zero-order chi connectivity index (χ0) is 20.2. The maximum Gasteiger partial charge on any atom is 0.251 e. The molecule has 0 atom stereocenters. The number of amides is 2. The standard InChI is InChI=1S/C23H22N4O2/c24-13-16-5-7-18(8-6-16)23(29)26-15-22(28)27-11-9-17(10-12-27)20-14-25-21-4-2-1-3-19(20)21/h1-8,14,17,25H,9-12,15H2,(H,26,29). The highest BCUT2D eigenvalue weighted by molar-refractivity contribution is 5.96. The van der Waals surface area contributed by atoms with Gasteiger partial charge < -0.3 is 15.2 Å². The lowest BCUT2D eigenvalue weighted by Crippen LogP contribution is -2.43. The number of hydrogen-bond donors (Lipinski definition) is 2. The number of carbonyl (C=O) groups is 2. The molecular weight excluding hydrogens is 364 g/mol. The van der Waals surface area contributed by atoms with Gasteiger partial charge in [0.25, 0.3) is 5.91 Å². The van der Waals surface area contributed by atoms with Crippen LogP contribution in [0.1, 0.15) is 40.2 Å². The maximum atomic E-state index is 12.5. The highest BCUT2D eigenvalue weighted by Gasteiger charge is 2.25. The molecule has 0 aliphatic carbocycles. The smallest absolute Gasteiger partial charge is 0.251 e. The predicted molar refractivity (Wildman–Crippen MR) is 110 cm³/mol. The number of piperidine rings is 1. The van der Waals surface area contributed by atoms with Crippen LogP contribution in [0.4, 0.5) is 0 Å². The van der Waals surface area contributed by atoms with E-state index in [9.17, 15) is 9.59 Å². The summed E-state index contributed by atoms with van der Waals surface area (Å²) in [6.07, 6.45) is 3.92. The van der Waals surface area contributed by atoms with E-state index in [1.807, 2.05) is 17.0 Å². The summed E-state index contributed by atoms with van der Waals surface area (Å²) in [5.74, 6) is 0.0596. The minimum Gasteiger partial charge on any atom is -0.361 e. The first-order valence-electron chi connectivity index (χ1n) is 9.78. The van der Waals surface area contributed by atoms with Gasteiger partial charge in [0.15, 0.2) is 0 Å². The van der Waals surface area contributed by atoms with Crippen molar-refractivity contribution in [2.75, 3.05) is 19.6 Å². The van der Waals surface area contributed by atoms with Gasteiger partial charge in [0.2, 0.25) is 5.91 Å². The number of aromatic amines is 1. The molecule has 1 aromatic heterocycles. The van der Waals surface area contributed by atoms with E-state index in [4.69, 9.17) is 5.26 Å². The number of nitrogens with zero attached hydrogens (tertiary/aromatic N) is 2. The molecule has 1 aliphatic rings. The van der Waals surface area contributed by atoms with Crippen molar-refractivity contribution in [3.8, 4) is 6.07 Å². The molecule has 146 valence electrons. The van der Waals surface area contributed by atoms with Crippen LogP contribution in [-0.4, -0.2) is 41.3 Å². The highest BCUT2D eigenvalue weighted by atomic mass is 16.2. The molecule has 0 bridgehead atoms. The molecule has 2 amide bonds. The number of nitrogens with one attached hydrogen (secondary N) is 2. The van der Waals surface area contributed by atoms with E-state index >= 15 is 0 Å². The first-order chi connectivity index (χ1) is 14.2. The number of carbonyl (C=O) groups excluding carboxylic acids is 2. The summed E-state index contributed by atoms with van der Waals surface area (Å²) < 4.78 is 0. The van der Waals surface area contributed by atoms with Gasteiger partial charge >= 0.3 is 0 Å². The molecule has 2 N–H and O–H groups in total. The van der Waals surface area contributed by atoms with E-state index in [1.54, 1.807) is 24.3 Å². The third kappa shape index (κ3) is 3.99. The molecule has 2 aromatic carbocycles. The Morgan fingerprint density at radius 2 is 1.83 bits per heavy atom. The van der Waals surface area contributed by atoms with Gasteiger partial charge in [0.05, 0.1) is 18.2 Å². The van der Waals surface area contributed by atoms with Crippen LogP contribution >= 0.6 is 0 Å². The van der Waals surface area contributed by atoms with Crippen molar-refractivity contribution in [3.05, 3.63) is 71.4 Å². The van der Waals surface area contributed by atoms with Gasteiger partial charge in [-0.25, -0.2) is 0 Å². The summed E-state index contributed by atoms with van der Waals surface area (Å²) in [5.41, 5.74) is 3.40. The molecule has 6 nitrogen and oxygen atoms in total. The summed E-state index contributed by atoms with van der Waals surface area (Å²) in [6, 6.07) is 16.7. The van der Waals surface area contributed by atoms with Gasteiger partial charge in [-0.05, 0) is 54.7 Å². The Balaban J connectivity index is 1.30. The third-order valence-electron chi connectivity index (χ3n) is 5.59. The Kier molecular flexibility index (Phi) is 5.30. The number of likely N-dealkylation sites (tertiary alicyclic amines) is 1. The molecule has 1 fully saturated rings. The van der Waals surface area contributed by atoms with E-state index in [1.165, 1.54) is 10.9 Å². The second kappa shape index (κ2) is 8.19. The van der Waals surface area contributed by atoms with E-state index in [0.29, 0.717) is 30.1 Å². The number of rotatable bonds is 4. The van der Waals surface area contributed by atoms with Crippen LogP contribution in [0, 0.1) is 11.3 Å². The summed E-state index contributed by atoms with van der Waals surface area (Å²) >= 11 is 0.